The molecule has 0 radical (unpaired) electrons. The molecule has 20 heavy (non-hydrogen) atoms. The SMILES string of the molecule is COC1(OC/C=C/c2ccccc2)C=C(Br)C=CC1=O. The van der Waals surface area contributed by atoms with Crippen molar-refractivity contribution >= 4 is 27.8 Å². The lowest BCUT2D eigenvalue weighted by Gasteiger charge is -2.28. The van der Waals surface area contributed by atoms with Gasteiger partial charge < -0.3 is 9.47 Å². The molecule has 3 nitrogen and oxygen atoms in total. The monoisotopic (exact) mass is 334 g/mol. The summed E-state index contributed by atoms with van der Waals surface area (Å²) >= 11 is 3.32. The Kier molecular flexibility index (Phi) is 5.06. The van der Waals surface area contributed by atoms with Crippen LogP contribution in [0.4, 0.5) is 0 Å². The lowest BCUT2D eigenvalue weighted by Crippen LogP contribution is -2.42. The van der Waals surface area contributed by atoms with Crippen LogP contribution in [-0.4, -0.2) is 25.3 Å². The van der Waals surface area contributed by atoms with Crippen LogP contribution in [0.3, 0.4) is 0 Å². The average Bonchev–Trinajstić information content (AvgIpc) is 2.48. The summed E-state index contributed by atoms with van der Waals surface area (Å²) in [6, 6.07) is 9.88. The van der Waals surface area contributed by atoms with Crippen molar-refractivity contribution in [3.63, 3.8) is 0 Å². The van der Waals surface area contributed by atoms with Gasteiger partial charge in [0.1, 0.15) is 0 Å². The fraction of sp³-hybridized carbons (Fsp3) is 0.188. The molecular weight excluding hydrogens is 320 g/mol. The zero-order valence-electron chi connectivity index (χ0n) is 11.1. The van der Waals surface area contributed by atoms with Gasteiger partial charge in [-0.05, 0) is 23.8 Å². The number of rotatable bonds is 5. The van der Waals surface area contributed by atoms with Crippen molar-refractivity contribution in [3.05, 3.63) is 64.7 Å². The molecule has 0 N–H and O–H groups in total. The number of ketones is 1. The average molecular weight is 335 g/mol. The van der Waals surface area contributed by atoms with Crippen LogP contribution < -0.4 is 0 Å². The summed E-state index contributed by atoms with van der Waals surface area (Å²) < 4.78 is 11.6. The molecule has 0 saturated carbocycles. The Bertz CT molecular complexity index is 560. The Morgan fingerprint density at radius 1 is 1.25 bits per heavy atom. The normalized spacial score (nSPS) is 22.3. The van der Waals surface area contributed by atoms with E-state index in [0.29, 0.717) is 0 Å². The van der Waals surface area contributed by atoms with E-state index in [1.54, 1.807) is 12.2 Å². The molecule has 0 fully saturated rings. The van der Waals surface area contributed by atoms with Gasteiger partial charge in [0.15, 0.2) is 0 Å². The Morgan fingerprint density at radius 3 is 2.70 bits per heavy atom. The molecule has 0 saturated heterocycles. The molecule has 0 heterocycles. The number of carbonyl (C=O) groups excluding carboxylic acids is 1. The highest BCUT2D eigenvalue weighted by atomic mass is 79.9. The van der Waals surface area contributed by atoms with E-state index in [2.05, 4.69) is 15.9 Å². The van der Waals surface area contributed by atoms with E-state index in [1.807, 2.05) is 42.5 Å². The number of carbonyl (C=O) groups is 1. The summed E-state index contributed by atoms with van der Waals surface area (Å²) in [7, 11) is 1.45. The van der Waals surface area contributed by atoms with E-state index in [-0.39, 0.29) is 12.4 Å². The van der Waals surface area contributed by atoms with Gasteiger partial charge in [-0.2, -0.15) is 0 Å². The highest BCUT2D eigenvalue weighted by molar-refractivity contribution is 9.11. The first-order valence-corrected chi connectivity index (χ1v) is 6.97. The highest BCUT2D eigenvalue weighted by Crippen LogP contribution is 2.26. The maximum atomic E-state index is 11.9. The van der Waals surface area contributed by atoms with Gasteiger partial charge in [-0.3, -0.25) is 4.79 Å². The van der Waals surface area contributed by atoms with Crippen LogP contribution in [-0.2, 0) is 14.3 Å². The molecule has 0 bridgehead atoms. The highest BCUT2D eigenvalue weighted by Gasteiger charge is 2.37. The minimum absolute atomic E-state index is 0.226. The summed E-state index contributed by atoms with van der Waals surface area (Å²) in [5.41, 5.74) is 1.08. The Labute approximate surface area is 126 Å². The molecular formula is C16H15BrO3. The van der Waals surface area contributed by atoms with Crippen molar-refractivity contribution in [2.75, 3.05) is 13.7 Å². The van der Waals surface area contributed by atoms with Crippen molar-refractivity contribution in [1.29, 1.82) is 0 Å². The fourth-order valence-electron chi connectivity index (χ4n) is 1.82. The molecule has 0 spiro atoms. The summed E-state index contributed by atoms with van der Waals surface area (Å²) in [6.07, 6.45) is 8.51. The second-order valence-corrected chi connectivity index (χ2v) is 5.14. The molecule has 1 aliphatic rings. The van der Waals surface area contributed by atoms with E-state index >= 15 is 0 Å². The maximum absolute atomic E-state index is 11.9. The van der Waals surface area contributed by atoms with E-state index in [4.69, 9.17) is 9.47 Å². The van der Waals surface area contributed by atoms with Gasteiger partial charge in [-0.1, -0.05) is 58.4 Å². The number of hydrogen-bond donors (Lipinski definition) is 0. The van der Waals surface area contributed by atoms with E-state index in [0.717, 1.165) is 10.0 Å². The molecule has 0 aliphatic heterocycles. The van der Waals surface area contributed by atoms with Gasteiger partial charge in [0, 0.05) is 11.6 Å². The van der Waals surface area contributed by atoms with Gasteiger partial charge in [0.05, 0.1) is 6.61 Å². The quantitative estimate of drug-likeness (QED) is 0.773. The third-order valence-electron chi connectivity index (χ3n) is 2.87. The molecule has 1 aromatic carbocycles. The third-order valence-corrected chi connectivity index (χ3v) is 3.37. The van der Waals surface area contributed by atoms with Crippen molar-refractivity contribution < 1.29 is 14.3 Å². The summed E-state index contributed by atoms with van der Waals surface area (Å²) in [6.45, 7) is 0.277. The van der Waals surface area contributed by atoms with Crippen LogP contribution in [0, 0.1) is 0 Å². The van der Waals surface area contributed by atoms with Crippen LogP contribution in [0.5, 0.6) is 0 Å². The molecule has 104 valence electrons. The van der Waals surface area contributed by atoms with Crippen molar-refractivity contribution in [1.82, 2.24) is 0 Å². The van der Waals surface area contributed by atoms with Gasteiger partial charge >= 0.3 is 0 Å². The molecule has 1 atom stereocenters. The smallest absolute Gasteiger partial charge is 0.254 e. The van der Waals surface area contributed by atoms with Crippen LogP contribution in [0.2, 0.25) is 0 Å². The first-order valence-electron chi connectivity index (χ1n) is 6.18. The van der Waals surface area contributed by atoms with Crippen LogP contribution in [0.1, 0.15) is 5.56 Å². The number of hydrogen-bond acceptors (Lipinski definition) is 3. The summed E-state index contributed by atoms with van der Waals surface area (Å²) in [5, 5.41) is 0. The van der Waals surface area contributed by atoms with Crippen molar-refractivity contribution in [3.8, 4) is 0 Å². The number of allylic oxidation sites excluding steroid dienone is 2. The second kappa shape index (κ2) is 6.79. The molecule has 1 unspecified atom stereocenters. The summed E-state index contributed by atoms with van der Waals surface area (Å²) in [5.74, 6) is -1.56. The topological polar surface area (TPSA) is 35.5 Å². The van der Waals surface area contributed by atoms with E-state index < -0.39 is 5.79 Å². The number of halogens is 1. The molecule has 1 aliphatic carbocycles. The minimum atomic E-state index is -1.34. The maximum Gasteiger partial charge on any atom is 0.254 e. The minimum Gasteiger partial charge on any atom is -0.343 e. The van der Waals surface area contributed by atoms with Gasteiger partial charge in [0.25, 0.3) is 5.79 Å². The molecule has 1 aromatic rings. The Hall–Kier alpha value is -1.49. The predicted molar refractivity (Wildman–Crippen MR) is 82.3 cm³/mol. The number of ether oxygens (including phenoxy) is 2. The lowest BCUT2D eigenvalue weighted by molar-refractivity contribution is -0.187. The largest absolute Gasteiger partial charge is 0.343 e. The van der Waals surface area contributed by atoms with Crippen LogP contribution >= 0.6 is 15.9 Å². The second-order valence-electron chi connectivity index (χ2n) is 4.22. The fourth-order valence-corrected chi connectivity index (χ4v) is 2.26. The van der Waals surface area contributed by atoms with Gasteiger partial charge in [-0.15, -0.1) is 0 Å². The zero-order valence-corrected chi connectivity index (χ0v) is 12.7. The zero-order chi connectivity index (χ0) is 14.4. The van der Waals surface area contributed by atoms with Crippen molar-refractivity contribution in [2.45, 2.75) is 5.79 Å². The van der Waals surface area contributed by atoms with Gasteiger partial charge in [-0.25, -0.2) is 0 Å². The van der Waals surface area contributed by atoms with Crippen molar-refractivity contribution in [2.24, 2.45) is 0 Å². The Balaban J connectivity index is 2.00. The summed E-state index contributed by atoms with van der Waals surface area (Å²) in [4.78, 5) is 11.9. The first kappa shape index (κ1) is 14.9. The lowest BCUT2D eigenvalue weighted by atomic mass is 10.1. The first-order chi connectivity index (χ1) is 9.66. The van der Waals surface area contributed by atoms with Crippen LogP contribution in [0.25, 0.3) is 6.08 Å². The predicted octanol–water partition coefficient (Wildman–Crippen LogP) is 3.48. The van der Waals surface area contributed by atoms with E-state index in [1.165, 1.54) is 13.2 Å². The van der Waals surface area contributed by atoms with E-state index in [9.17, 15) is 4.79 Å². The molecule has 2 rings (SSSR count). The standard InChI is InChI=1S/C16H15BrO3/c1-19-16(12-14(17)9-10-15(16)18)20-11-5-8-13-6-3-2-4-7-13/h2-10,12H,11H2,1H3/b8-5+. The Morgan fingerprint density at radius 2 is 2.00 bits per heavy atom. The molecule has 0 amide bonds. The van der Waals surface area contributed by atoms with Crippen LogP contribution in [0.15, 0.2) is 59.1 Å². The third kappa shape index (κ3) is 3.54. The molecule has 4 heteroatoms. The number of benzene rings is 1. The van der Waals surface area contributed by atoms with Gasteiger partial charge in [0.2, 0.25) is 5.78 Å². The number of methoxy groups -OCH3 is 1. The molecule has 0 aromatic heterocycles.